The summed E-state index contributed by atoms with van der Waals surface area (Å²) in [5.41, 5.74) is 0. The quantitative estimate of drug-likeness (QED) is 0.840. The van der Waals surface area contributed by atoms with E-state index in [1.807, 2.05) is 13.0 Å². The maximum absolute atomic E-state index is 4.47. The second-order valence-corrected chi connectivity index (χ2v) is 5.19. The van der Waals surface area contributed by atoms with Crippen molar-refractivity contribution < 1.29 is 0 Å². The number of aryl methyl sites for hydroxylation is 1. The molecule has 1 aliphatic rings. The van der Waals surface area contributed by atoms with E-state index in [0.717, 1.165) is 29.9 Å². The number of aromatic nitrogens is 2. The molecular formula is C14H24N4. The van der Waals surface area contributed by atoms with Crippen molar-refractivity contribution in [2.24, 2.45) is 5.92 Å². The third kappa shape index (κ3) is 3.34. The summed E-state index contributed by atoms with van der Waals surface area (Å²) < 4.78 is 0. The molecule has 0 spiro atoms. The van der Waals surface area contributed by atoms with E-state index in [1.165, 1.54) is 25.7 Å². The normalized spacial score (nSPS) is 17.7. The Kier molecular flexibility index (Phi) is 4.39. The van der Waals surface area contributed by atoms with Crippen LogP contribution >= 0.6 is 0 Å². The molecule has 2 N–H and O–H groups in total. The SMILES string of the molecule is CCNc1cc(NC(C)C2CCCC2)nc(C)n1. The lowest BCUT2D eigenvalue weighted by molar-refractivity contribution is 0.481. The molecule has 0 aliphatic heterocycles. The lowest BCUT2D eigenvalue weighted by Crippen LogP contribution is -2.24. The zero-order chi connectivity index (χ0) is 13.0. The highest BCUT2D eigenvalue weighted by atomic mass is 15.1. The molecule has 1 aliphatic carbocycles. The van der Waals surface area contributed by atoms with Gasteiger partial charge in [0.25, 0.3) is 0 Å². The van der Waals surface area contributed by atoms with Gasteiger partial charge in [-0.2, -0.15) is 0 Å². The molecule has 0 saturated heterocycles. The standard InChI is InChI=1S/C14H24N4/c1-4-15-13-9-14(18-11(3)17-13)16-10(2)12-7-5-6-8-12/h9-10,12H,4-8H2,1-3H3,(H2,15,16,17,18). The topological polar surface area (TPSA) is 49.8 Å². The van der Waals surface area contributed by atoms with E-state index in [0.29, 0.717) is 6.04 Å². The van der Waals surface area contributed by atoms with Crippen LogP contribution in [-0.2, 0) is 0 Å². The summed E-state index contributed by atoms with van der Waals surface area (Å²) in [6.45, 7) is 7.16. The second-order valence-electron chi connectivity index (χ2n) is 5.19. The average Bonchev–Trinajstić information content (AvgIpc) is 2.81. The number of anilines is 2. The molecule has 1 heterocycles. The molecule has 1 fully saturated rings. The van der Waals surface area contributed by atoms with Crippen LogP contribution < -0.4 is 10.6 Å². The average molecular weight is 248 g/mol. The second kappa shape index (κ2) is 6.03. The molecular weight excluding hydrogens is 224 g/mol. The van der Waals surface area contributed by atoms with Crippen LogP contribution in [0.15, 0.2) is 6.07 Å². The first kappa shape index (κ1) is 13.1. The van der Waals surface area contributed by atoms with Gasteiger partial charge in [-0.25, -0.2) is 9.97 Å². The zero-order valence-corrected chi connectivity index (χ0v) is 11.7. The number of rotatable bonds is 5. The molecule has 1 aromatic heterocycles. The van der Waals surface area contributed by atoms with E-state index < -0.39 is 0 Å². The van der Waals surface area contributed by atoms with Crippen LogP contribution in [0, 0.1) is 12.8 Å². The Morgan fingerprint density at radius 3 is 2.61 bits per heavy atom. The van der Waals surface area contributed by atoms with Gasteiger partial charge in [0.15, 0.2) is 0 Å². The fourth-order valence-electron chi connectivity index (χ4n) is 2.72. The molecule has 1 unspecified atom stereocenters. The van der Waals surface area contributed by atoms with Crippen LogP contribution in [-0.4, -0.2) is 22.6 Å². The third-order valence-corrected chi connectivity index (χ3v) is 3.68. The minimum Gasteiger partial charge on any atom is -0.370 e. The molecule has 4 nitrogen and oxygen atoms in total. The summed E-state index contributed by atoms with van der Waals surface area (Å²) >= 11 is 0. The summed E-state index contributed by atoms with van der Waals surface area (Å²) in [5, 5.41) is 6.77. The smallest absolute Gasteiger partial charge is 0.132 e. The van der Waals surface area contributed by atoms with Crippen molar-refractivity contribution in [2.75, 3.05) is 17.2 Å². The molecule has 4 heteroatoms. The van der Waals surface area contributed by atoms with E-state index in [1.54, 1.807) is 0 Å². The first-order chi connectivity index (χ1) is 8.69. The Hall–Kier alpha value is -1.32. The lowest BCUT2D eigenvalue weighted by atomic mass is 10.00. The lowest BCUT2D eigenvalue weighted by Gasteiger charge is -2.21. The summed E-state index contributed by atoms with van der Waals surface area (Å²) in [6, 6.07) is 2.50. The number of nitrogens with one attached hydrogen (secondary N) is 2. The molecule has 0 radical (unpaired) electrons. The first-order valence-corrected chi connectivity index (χ1v) is 7.05. The summed E-state index contributed by atoms with van der Waals surface area (Å²) in [5.74, 6) is 3.46. The summed E-state index contributed by atoms with van der Waals surface area (Å²) in [4.78, 5) is 8.83. The van der Waals surface area contributed by atoms with E-state index >= 15 is 0 Å². The molecule has 2 rings (SSSR count). The van der Waals surface area contributed by atoms with Gasteiger partial charge >= 0.3 is 0 Å². The van der Waals surface area contributed by atoms with Gasteiger partial charge in [-0.1, -0.05) is 12.8 Å². The predicted octanol–water partition coefficient (Wildman–Crippen LogP) is 3.21. The Balaban J connectivity index is 2.03. The van der Waals surface area contributed by atoms with Crippen LogP contribution in [0.4, 0.5) is 11.6 Å². The van der Waals surface area contributed by atoms with Crippen molar-refractivity contribution in [1.82, 2.24) is 9.97 Å². The van der Waals surface area contributed by atoms with Gasteiger partial charge < -0.3 is 10.6 Å². The maximum Gasteiger partial charge on any atom is 0.132 e. The van der Waals surface area contributed by atoms with Crippen molar-refractivity contribution in [3.05, 3.63) is 11.9 Å². The number of nitrogens with zero attached hydrogens (tertiary/aromatic N) is 2. The van der Waals surface area contributed by atoms with Gasteiger partial charge in [-0.05, 0) is 39.5 Å². The van der Waals surface area contributed by atoms with Crippen LogP contribution in [0.25, 0.3) is 0 Å². The molecule has 100 valence electrons. The van der Waals surface area contributed by atoms with E-state index in [2.05, 4.69) is 34.4 Å². The van der Waals surface area contributed by atoms with E-state index in [9.17, 15) is 0 Å². The maximum atomic E-state index is 4.47. The molecule has 1 aromatic rings. The fourth-order valence-corrected chi connectivity index (χ4v) is 2.72. The van der Waals surface area contributed by atoms with Crippen molar-refractivity contribution in [3.63, 3.8) is 0 Å². The van der Waals surface area contributed by atoms with E-state index in [-0.39, 0.29) is 0 Å². The Morgan fingerprint density at radius 1 is 1.28 bits per heavy atom. The van der Waals surface area contributed by atoms with Gasteiger partial charge in [0.05, 0.1) is 0 Å². The first-order valence-electron chi connectivity index (χ1n) is 7.05. The fraction of sp³-hybridized carbons (Fsp3) is 0.714. The van der Waals surface area contributed by atoms with Crippen molar-refractivity contribution >= 4 is 11.6 Å². The van der Waals surface area contributed by atoms with Crippen LogP contribution in [0.2, 0.25) is 0 Å². The third-order valence-electron chi connectivity index (χ3n) is 3.68. The van der Waals surface area contributed by atoms with Gasteiger partial charge in [0.2, 0.25) is 0 Å². The predicted molar refractivity (Wildman–Crippen MR) is 76.0 cm³/mol. The number of hydrogen-bond acceptors (Lipinski definition) is 4. The van der Waals surface area contributed by atoms with Gasteiger partial charge in [0.1, 0.15) is 17.5 Å². The van der Waals surface area contributed by atoms with Crippen LogP contribution in [0.3, 0.4) is 0 Å². The Bertz CT molecular complexity index is 385. The van der Waals surface area contributed by atoms with Crippen molar-refractivity contribution in [2.45, 2.75) is 52.5 Å². The Labute approximate surface area is 110 Å². The minimum absolute atomic E-state index is 0.497. The highest BCUT2D eigenvalue weighted by Gasteiger charge is 2.21. The minimum atomic E-state index is 0.497. The van der Waals surface area contributed by atoms with Crippen LogP contribution in [0.5, 0.6) is 0 Å². The molecule has 1 atom stereocenters. The summed E-state index contributed by atoms with van der Waals surface area (Å²) in [6.07, 6.45) is 5.45. The molecule has 18 heavy (non-hydrogen) atoms. The van der Waals surface area contributed by atoms with Gasteiger partial charge in [-0.15, -0.1) is 0 Å². The Morgan fingerprint density at radius 2 is 1.94 bits per heavy atom. The summed E-state index contributed by atoms with van der Waals surface area (Å²) in [7, 11) is 0. The van der Waals surface area contributed by atoms with Gasteiger partial charge in [-0.3, -0.25) is 0 Å². The zero-order valence-electron chi connectivity index (χ0n) is 11.7. The monoisotopic (exact) mass is 248 g/mol. The van der Waals surface area contributed by atoms with E-state index in [4.69, 9.17) is 0 Å². The molecule has 1 saturated carbocycles. The molecule has 0 bridgehead atoms. The highest BCUT2D eigenvalue weighted by Crippen LogP contribution is 2.29. The van der Waals surface area contributed by atoms with Gasteiger partial charge in [0, 0.05) is 18.7 Å². The van der Waals surface area contributed by atoms with Crippen molar-refractivity contribution in [3.8, 4) is 0 Å². The van der Waals surface area contributed by atoms with Crippen LogP contribution in [0.1, 0.15) is 45.4 Å². The van der Waals surface area contributed by atoms with Crippen molar-refractivity contribution in [1.29, 1.82) is 0 Å². The highest BCUT2D eigenvalue weighted by molar-refractivity contribution is 5.47. The largest absolute Gasteiger partial charge is 0.370 e. The number of hydrogen-bond donors (Lipinski definition) is 2. The molecule has 0 aromatic carbocycles. The molecule has 0 amide bonds.